The number of hydrogen-bond donors (Lipinski definition) is 2. The molecule has 6 nitrogen and oxygen atoms in total. The van der Waals surface area contributed by atoms with Crippen LogP contribution in [0.15, 0.2) is 0 Å². The number of carboxylic acids is 1. The summed E-state index contributed by atoms with van der Waals surface area (Å²) >= 11 is 0. The molecule has 0 bridgehead atoms. The first-order valence-electron chi connectivity index (χ1n) is 8.69. The van der Waals surface area contributed by atoms with Gasteiger partial charge in [0.25, 0.3) is 0 Å². The van der Waals surface area contributed by atoms with Gasteiger partial charge in [0.05, 0.1) is 0 Å². The molecular formula is C17H33NNa2O5. The van der Waals surface area contributed by atoms with Gasteiger partial charge >= 0.3 is 77.0 Å². The number of carbonyl (C=O) groups excluding carboxylic acids is 2. The molecule has 0 aliphatic heterocycles. The summed E-state index contributed by atoms with van der Waals surface area (Å²) in [5.74, 6) is -2.45. The first-order chi connectivity index (χ1) is 11.0. The fraction of sp³-hybridized carbons (Fsp3) is 0.824. The third kappa shape index (κ3) is 20.7. The SMILES string of the molecule is CCCCCCCCCCCC(=O)OC(=O)C(N)CCC(=O)O.[NaH].[NaH]. The van der Waals surface area contributed by atoms with Crippen molar-refractivity contribution in [3.05, 3.63) is 0 Å². The Balaban J connectivity index is -0.00000242. The Morgan fingerprint density at radius 1 is 0.880 bits per heavy atom. The maximum atomic E-state index is 11.5. The van der Waals surface area contributed by atoms with Crippen molar-refractivity contribution in [2.75, 3.05) is 0 Å². The normalized spacial score (nSPS) is 11.0. The van der Waals surface area contributed by atoms with E-state index in [1.165, 1.54) is 38.5 Å². The van der Waals surface area contributed by atoms with Crippen LogP contribution in [0.4, 0.5) is 0 Å². The summed E-state index contributed by atoms with van der Waals surface area (Å²) in [6.45, 7) is 2.20. The van der Waals surface area contributed by atoms with E-state index in [0.29, 0.717) is 6.42 Å². The predicted molar refractivity (Wildman–Crippen MR) is 102 cm³/mol. The van der Waals surface area contributed by atoms with E-state index in [2.05, 4.69) is 11.7 Å². The van der Waals surface area contributed by atoms with E-state index in [0.717, 1.165) is 12.8 Å². The van der Waals surface area contributed by atoms with Crippen LogP contribution in [0.2, 0.25) is 0 Å². The number of hydrogen-bond acceptors (Lipinski definition) is 5. The Hall–Kier alpha value is 0.570. The summed E-state index contributed by atoms with van der Waals surface area (Å²) in [5, 5.41) is 8.50. The van der Waals surface area contributed by atoms with Crippen LogP contribution in [0.3, 0.4) is 0 Å². The third-order valence-electron chi connectivity index (χ3n) is 3.67. The van der Waals surface area contributed by atoms with Crippen molar-refractivity contribution in [2.45, 2.75) is 90.0 Å². The van der Waals surface area contributed by atoms with Crippen LogP contribution < -0.4 is 5.73 Å². The molecule has 3 N–H and O–H groups in total. The van der Waals surface area contributed by atoms with E-state index in [9.17, 15) is 14.4 Å². The van der Waals surface area contributed by atoms with Crippen LogP contribution in [-0.4, -0.2) is 88.2 Å². The van der Waals surface area contributed by atoms with Crippen LogP contribution in [0.5, 0.6) is 0 Å². The van der Waals surface area contributed by atoms with E-state index in [4.69, 9.17) is 10.8 Å². The monoisotopic (exact) mass is 377 g/mol. The summed E-state index contributed by atoms with van der Waals surface area (Å²) in [6.07, 6.45) is 10.2. The number of carboxylic acid groups (broad SMARTS) is 1. The fourth-order valence-corrected chi connectivity index (χ4v) is 2.22. The minimum absolute atomic E-state index is 0. The van der Waals surface area contributed by atoms with E-state index < -0.39 is 23.9 Å². The summed E-state index contributed by atoms with van der Waals surface area (Å²) < 4.78 is 4.62. The van der Waals surface area contributed by atoms with Crippen molar-refractivity contribution >= 4 is 77.0 Å². The second-order valence-electron chi connectivity index (χ2n) is 5.91. The molecule has 0 fully saturated rings. The molecule has 1 unspecified atom stereocenters. The van der Waals surface area contributed by atoms with E-state index in [1.54, 1.807) is 0 Å². The average Bonchev–Trinajstić information content (AvgIpc) is 2.50. The Morgan fingerprint density at radius 3 is 1.84 bits per heavy atom. The molecule has 0 aliphatic carbocycles. The fourth-order valence-electron chi connectivity index (χ4n) is 2.22. The predicted octanol–water partition coefficient (Wildman–Crippen LogP) is 1.87. The molecule has 0 rings (SSSR count). The molecular weight excluding hydrogens is 344 g/mol. The summed E-state index contributed by atoms with van der Waals surface area (Å²) in [4.78, 5) is 33.3. The zero-order chi connectivity index (χ0) is 17.5. The van der Waals surface area contributed by atoms with Gasteiger partial charge in [0.1, 0.15) is 6.04 Å². The molecule has 0 saturated heterocycles. The molecule has 1 atom stereocenters. The van der Waals surface area contributed by atoms with Gasteiger partial charge in [-0.05, 0) is 12.8 Å². The van der Waals surface area contributed by atoms with Crippen LogP contribution >= 0.6 is 0 Å². The van der Waals surface area contributed by atoms with Gasteiger partial charge in [-0.2, -0.15) is 0 Å². The molecule has 0 aliphatic rings. The zero-order valence-electron chi connectivity index (χ0n) is 14.2. The maximum absolute atomic E-state index is 11.5. The van der Waals surface area contributed by atoms with Gasteiger partial charge in [-0.25, -0.2) is 4.79 Å². The third-order valence-corrected chi connectivity index (χ3v) is 3.67. The van der Waals surface area contributed by atoms with Gasteiger partial charge in [-0.3, -0.25) is 9.59 Å². The summed E-state index contributed by atoms with van der Waals surface area (Å²) in [5.41, 5.74) is 5.47. The number of aliphatic carboxylic acids is 1. The second-order valence-corrected chi connectivity index (χ2v) is 5.91. The standard InChI is InChI=1S/C17H31NO5.2Na.2H/c1-2-3-4-5-6-7-8-9-10-11-16(21)23-17(22)14(18)12-13-15(19)20;;;;/h14H,2-13,18H2,1H3,(H,19,20);;;;. The van der Waals surface area contributed by atoms with Crippen molar-refractivity contribution in [3.8, 4) is 0 Å². The first kappa shape index (κ1) is 30.3. The number of rotatable bonds is 14. The van der Waals surface area contributed by atoms with Crippen molar-refractivity contribution in [3.63, 3.8) is 0 Å². The average molecular weight is 377 g/mol. The van der Waals surface area contributed by atoms with Gasteiger partial charge in [-0.1, -0.05) is 58.3 Å². The van der Waals surface area contributed by atoms with Gasteiger partial charge in [-0.15, -0.1) is 0 Å². The number of unbranched alkanes of at least 4 members (excludes halogenated alkanes) is 8. The Bertz CT molecular complexity index is 367. The molecule has 138 valence electrons. The number of nitrogens with two attached hydrogens (primary N) is 1. The first-order valence-corrected chi connectivity index (χ1v) is 8.69. The molecule has 0 heterocycles. The minimum atomic E-state index is -1.06. The molecule has 0 aromatic rings. The Labute approximate surface area is 195 Å². The Morgan fingerprint density at radius 2 is 1.36 bits per heavy atom. The molecule has 0 spiro atoms. The topological polar surface area (TPSA) is 107 Å². The van der Waals surface area contributed by atoms with Gasteiger partial charge in [0, 0.05) is 12.8 Å². The summed E-state index contributed by atoms with van der Waals surface area (Å²) in [6, 6.07) is -1.06. The van der Waals surface area contributed by atoms with Crippen LogP contribution in [0.25, 0.3) is 0 Å². The quantitative estimate of drug-likeness (QED) is 0.207. The Kier molecular flexibility index (Phi) is 25.3. The van der Waals surface area contributed by atoms with Crippen molar-refractivity contribution in [1.82, 2.24) is 0 Å². The van der Waals surface area contributed by atoms with E-state index >= 15 is 0 Å². The van der Waals surface area contributed by atoms with Crippen molar-refractivity contribution in [2.24, 2.45) is 5.73 Å². The number of ether oxygens (including phenoxy) is 1. The molecule has 0 radical (unpaired) electrons. The molecule has 0 saturated carbocycles. The van der Waals surface area contributed by atoms with Crippen molar-refractivity contribution < 1.29 is 24.2 Å². The van der Waals surface area contributed by atoms with E-state index in [1.807, 2.05) is 0 Å². The molecule has 8 heteroatoms. The molecule has 0 aromatic heterocycles. The van der Waals surface area contributed by atoms with E-state index in [-0.39, 0.29) is 78.4 Å². The van der Waals surface area contributed by atoms with Gasteiger partial charge in [0.15, 0.2) is 0 Å². The second kappa shape index (κ2) is 20.9. The molecule has 25 heavy (non-hydrogen) atoms. The van der Waals surface area contributed by atoms with Crippen LogP contribution in [0, 0.1) is 0 Å². The zero-order valence-corrected chi connectivity index (χ0v) is 14.2. The number of carbonyl (C=O) groups is 3. The van der Waals surface area contributed by atoms with Crippen LogP contribution in [-0.2, 0) is 19.1 Å². The number of esters is 2. The molecule has 0 amide bonds. The van der Waals surface area contributed by atoms with Gasteiger partial charge in [0.2, 0.25) is 0 Å². The van der Waals surface area contributed by atoms with Crippen LogP contribution in [0.1, 0.15) is 84.0 Å². The van der Waals surface area contributed by atoms with Crippen molar-refractivity contribution in [1.29, 1.82) is 0 Å². The molecule has 0 aromatic carbocycles. The van der Waals surface area contributed by atoms with Gasteiger partial charge < -0.3 is 15.6 Å². The summed E-state index contributed by atoms with van der Waals surface area (Å²) in [7, 11) is 0.